The normalized spacial score (nSPS) is 18.1. The Morgan fingerprint density at radius 2 is 1.50 bits per heavy atom. The van der Waals surface area contributed by atoms with Crippen LogP contribution in [-0.4, -0.2) is 28.6 Å². The number of hydrogen-bond donors (Lipinski definition) is 1. The average Bonchev–Trinajstić information content (AvgIpc) is 3.27. The van der Waals surface area contributed by atoms with Crippen molar-refractivity contribution in [3.63, 3.8) is 0 Å². The van der Waals surface area contributed by atoms with Crippen LogP contribution in [0.3, 0.4) is 0 Å². The van der Waals surface area contributed by atoms with Crippen LogP contribution in [0, 0.1) is 0 Å². The van der Waals surface area contributed by atoms with E-state index in [0.717, 1.165) is 25.8 Å². The Kier molecular flexibility index (Phi) is 4.97. The van der Waals surface area contributed by atoms with Gasteiger partial charge < -0.3 is 5.11 Å². The molecule has 1 aliphatic rings. The van der Waals surface area contributed by atoms with Gasteiger partial charge in [-0.3, -0.25) is 9.69 Å². The van der Waals surface area contributed by atoms with Crippen LogP contribution in [0.4, 0.5) is 0 Å². The Morgan fingerprint density at radius 1 is 0.867 bits per heavy atom. The summed E-state index contributed by atoms with van der Waals surface area (Å²) in [6.45, 7) is 0.821. The molecule has 3 heteroatoms. The number of aliphatic carboxylic acids is 1. The van der Waals surface area contributed by atoms with Crippen molar-refractivity contribution in [3.8, 4) is 0 Å². The maximum Gasteiger partial charge on any atom is 0.320 e. The third-order valence-electron chi connectivity index (χ3n) is 6.38. The van der Waals surface area contributed by atoms with Crippen LogP contribution < -0.4 is 0 Å². The van der Waals surface area contributed by atoms with Gasteiger partial charge in [0.15, 0.2) is 0 Å². The van der Waals surface area contributed by atoms with E-state index in [9.17, 15) is 9.90 Å². The van der Waals surface area contributed by atoms with Gasteiger partial charge in [-0.2, -0.15) is 0 Å². The molecule has 0 saturated carbocycles. The molecular weight excluding hydrogens is 370 g/mol. The number of carboxylic acids is 1. The Labute approximate surface area is 176 Å². The maximum atomic E-state index is 11.9. The Morgan fingerprint density at radius 3 is 2.20 bits per heavy atom. The van der Waals surface area contributed by atoms with E-state index in [1.54, 1.807) is 0 Å². The zero-order valence-corrected chi connectivity index (χ0v) is 16.9. The second kappa shape index (κ2) is 7.92. The summed E-state index contributed by atoms with van der Waals surface area (Å²) in [6, 6.07) is 29.5. The quantitative estimate of drug-likeness (QED) is 0.462. The molecule has 0 radical (unpaired) electrons. The zero-order chi connectivity index (χ0) is 20.5. The number of likely N-dealkylation sites (tertiary alicyclic amines) is 1. The third-order valence-corrected chi connectivity index (χ3v) is 6.38. The highest BCUT2D eigenvalue weighted by Gasteiger charge is 2.36. The molecule has 1 heterocycles. The largest absolute Gasteiger partial charge is 0.480 e. The molecule has 3 nitrogen and oxygen atoms in total. The average molecular weight is 396 g/mol. The first-order valence-corrected chi connectivity index (χ1v) is 10.6. The smallest absolute Gasteiger partial charge is 0.320 e. The first kappa shape index (κ1) is 18.8. The van der Waals surface area contributed by atoms with E-state index in [2.05, 4.69) is 89.8 Å². The number of hydrogen-bond acceptors (Lipinski definition) is 2. The topological polar surface area (TPSA) is 40.5 Å². The number of carbonyl (C=O) groups is 1. The van der Waals surface area contributed by atoms with E-state index in [-0.39, 0.29) is 6.04 Å². The number of carboxylic acid groups (broad SMARTS) is 1. The predicted octanol–water partition coefficient (Wildman–Crippen LogP) is 5.83. The maximum absolute atomic E-state index is 11.9. The molecule has 1 aliphatic heterocycles. The molecule has 0 amide bonds. The van der Waals surface area contributed by atoms with Gasteiger partial charge in [0.25, 0.3) is 0 Å². The van der Waals surface area contributed by atoms with Gasteiger partial charge in [-0.25, -0.2) is 0 Å². The highest BCUT2D eigenvalue weighted by Crippen LogP contribution is 2.34. The summed E-state index contributed by atoms with van der Waals surface area (Å²) < 4.78 is 0. The lowest BCUT2D eigenvalue weighted by Gasteiger charge is -2.32. The molecule has 0 spiro atoms. The zero-order valence-electron chi connectivity index (χ0n) is 16.9. The summed E-state index contributed by atoms with van der Waals surface area (Å²) in [4.78, 5) is 14.1. The number of fused-ring (bicyclic) bond motifs is 2. The van der Waals surface area contributed by atoms with E-state index in [1.807, 2.05) is 0 Å². The Hall–Kier alpha value is -3.17. The lowest BCUT2D eigenvalue weighted by molar-refractivity contribution is -0.143. The molecule has 0 aromatic heterocycles. The molecular formula is C27H25NO2. The predicted molar refractivity (Wildman–Crippen MR) is 122 cm³/mol. The van der Waals surface area contributed by atoms with Crippen molar-refractivity contribution in [2.24, 2.45) is 0 Å². The monoisotopic (exact) mass is 395 g/mol. The fourth-order valence-electron chi connectivity index (χ4n) is 4.86. The van der Waals surface area contributed by atoms with Crippen molar-refractivity contribution in [2.45, 2.75) is 31.3 Å². The Balaban J connectivity index is 1.56. The van der Waals surface area contributed by atoms with Gasteiger partial charge in [-0.15, -0.1) is 0 Å². The molecule has 5 rings (SSSR count). The van der Waals surface area contributed by atoms with Crippen molar-refractivity contribution in [3.05, 3.63) is 96.1 Å². The standard InChI is InChI=1S/C27H25NO2/c29-27(30)25-10-5-15-28(25)26(24-14-13-21-7-2-4-9-23(21)18-24)17-19-11-12-20-6-1-3-8-22(20)16-19/h1-4,6-9,11-14,16,18,25-26H,5,10,15,17H2,(H,29,30). The highest BCUT2D eigenvalue weighted by molar-refractivity contribution is 5.84. The molecule has 4 aromatic carbocycles. The van der Waals surface area contributed by atoms with Crippen LogP contribution in [0.2, 0.25) is 0 Å². The number of rotatable bonds is 5. The van der Waals surface area contributed by atoms with E-state index in [0.29, 0.717) is 0 Å². The fraction of sp³-hybridized carbons (Fsp3) is 0.222. The molecule has 1 N–H and O–H groups in total. The van der Waals surface area contributed by atoms with E-state index >= 15 is 0 Å². The second-order valence-corrected chi connectivity index (χ2v) is 8.24. The summed E-state index contributed by atoms with van der Waals surface area (Å²) in [5.74, 6) is -0.711. The molecule has 2 atom stereocenters. The van der Waals surface area contributed by atoms with Crippen molar-refractivity contribution in [1.82, 2.24) is 4.90 Å². The third kappa shape index (κ3) is 3.57. The van der Waals surface area contributed by atoms with Crippen molar-refractivity contribution < 1.29 is 9.90 Å². The van der Waals surface area contributed by atoms with Gasteiger partial charge in [-0.05, 0) is 64.5 Å². The molecule has 4 aromatic rings. The van der Waals surface area contributed by atoms with Gasteiger partial charge in [0.2, 0.25) is 0 Å². The van der Waals surface area contributed by atoms with Crippen LogP contribution in [0.25, 0.3) is 21.5 Å². The van der Waals surface area contributed by atoms with Gasteiger partial charge in [0, 0.05) is 6.04 Å². The molecule has 1 saturated heterocycles. The van der Waals surface area contributed by atoms with Crippen LogP contribution in [0.15, 0.2) is 84.9 Å². The number of nitrogens with zero attached hydrogens (tertiary/aromatic N) is 1. The van der Waals surface area contributed by atoms with Crippen molar-refractivity contribution in [1.29, 1.82) is 0 Å². The molecule has 0 aliphatic carbocycles. The minimum Gasteiger partial charge on any atom is -0.480 e. The minimum atomic E-state index is -0.711. The minimum absolute atomic E-state index is 0.0411. The summed E-state index contributed by atoms with van der Waals surface area (Å²) in [7, 11) is 0. The highest BCUT2D eigenvalue weighted by atomic mass is 16.4. The van der Waals surface area contributed by atoms with Crippen molar-refractivity contribution >= 4 is 27.5 Å². The molecule has 1 fully saturated rings. The van der Waals surface area contributed by atoms with E-state index in [4.69, 9.17) is 0 Å². The van der Waals surface area contributed by atoms with Gasteiger partial charge in [0.1, 0.15) is 6.04 Å². The Bertz CT molecular complexity index is 1220. The lowest BCUT2D eigenvalue weighted by atomic mass is 9.93. The van der Waals surface area contributed by atoms with Crippen LogP contribution in [-0.2, 0) is 11.2 Å². The lowest BCUT2D eigenvalue weighted by Crippen LogP contribution is -2.39. The van der Waals surface area contributed by atoms with E-state index < -0.39 is 12.0 Å². The molecule has 0 bridgehead atoms. The van der Waals surface area contributed by atoms with Crippen molar-refractivity contribution in [2.75, 3.05) is 6.54 Å². The van der Waals surface area contributed by atoms with Crippen LogP contribution in [0.5, 0.6) is 0 Å². The summed E-state index contributed by atoms with van der Waals surface area (Å²) in [5.41, 5.74) is 2.43. The summed E-state index contributed by atoms with van der Waals surface area (Å²) >= 11 is 0. The number of benzene rings is 4. The van der Waals surface area contributed by atoms with Gasteiger partial charge in [0.05, 0.1) is 0 Å². The summed E-state index contributed by atoms with van der Waals surface area (Å²) in [6.07, 6.45) is 2.45. The van der Waals surface area contributed by atoms with Gasteiger partial charge >= 0.3 is 5.97 Å². The first-order chi connectivity index (χ1) is 14.7. The first-order valence-electron chi connectivity index (χ1n) is 10.6. The fourth-order valence-corrected chi connectivity index (χ4v) is 4.86. The molecule has 2 unspecified atom stereocenters. The van der Waals surface area contributed by atoms with E-state index in [1.165, 1.54) is 32.7 Å². The van der Waals surface area contributed by atoms with Gasteiger partial charge in [-0.1, -0.05) is 78.9 Å². The summed E-state index contributed by atoms with van der Waals surface area (Å²) in [5, 5.41) is 14.7. The second-order valence-electron chi connectivity index (χ2n) is 8.24. The van der Waals surface area contributed by atoms with Crippen LogP contribution in [0.1, 0.15) is 30.0 Å². The molecule has 150 valence electrons. The molecule has 30 heavy (non-hydrogen) atoms. The SMILES string of the molecule is O=C(O)C1CCCN1C(Cc1ccc2ccccc2c1)c1ccc2ccccc2c1. The van der Waals surface area contributed by atoms with Crippen LogP contribution >= 0.6 is 0 Å².